The summed E-state index contributed by atoms with van der Waals surface area (Å²) in [4.78, 5) is 28.2. The van der Waals surface area contributed by atoms with E-state index in [-0.39, 0.29) is 246 Å². The van der Waals surface area contributed by atoms with Gasteiger partial charge in [-0.15, -0.1) is 22.7 Å². The third-order valence-electron chi connectivity index (χ3n) is 3.12. The van der Waals surface area contributed by atoms with Crippen LogP contribution in [0.2, 0.25) is 0 Å². The number of halogens is 1. The molecular weight excluding hydrogens is 929 g/mol. The molecule has 32 heavy (non-hydrogen) atoms. The van der Waals surface area contributed by atoms with Crippen LogP contribution in [0, 0.1) is 19.4 Å². The molecule has 8 nitrogen and oxygen atoms in total. The van der Waals surface area contributed by atoms with Crippen molar-refractivity contribution in [1.29, 1.82) is 0 Å². The molecule has 3 aromatic heterocycles. The van der Waals surface area contributed by atoms with Gasteiger partial charge in [-0.05, 0) is 6.33 Å². The average Bonchev–Trinajstić information content (AvgIpc) is 3.13. The fourth-order valence-electron chi connectivity index (χ4n) is 2.10. The van der Waals surface area contributed by atoms with Gasteiger partial charge in [-0.25, -0.2) is 0 Å². The number of fused-ring (bicyclic) bond motifs is 1. The Labute approximate surface area is 351 Å². The van der Waals surface area contributed by atoms with Crippen molar-refractivity contribution in [3.8, 4) is 5.95 Å². The second-order valence-corrected chi connectivity index (χ2v) is 4.76. The number of rotatable bonds is 4. The van der Waals surface area contributed by atoms with E-state index in [9.17, 15) is 4.79 Å². The van der Waals surface area contributed by atoms with Crippen LogP contribution in [-0.4, -0.2) is 36.5 Å². The zero-order valence-electron chi connectivity index (χ0n) is 16.7. The first kappa shape index (κ1) is 57.0. The van der Waals surface area contributed by atoms with Gasteiger partial charge >= 0.3 is 0 Å². The largest absolute Gasteiger partial charge is 0.425 e. The van der Waals surface area contributed by atoms with Gasteiger partial charge in [0, 0.05) is 240 Å². The topological polar surface area (TPSA) is 99.7 Å². The Hall–Kier alpha value is 4.92. The molecule has 1 N–H and O–H groups in total. The van der Waals surface area contributed by atoms with E-state index in [1.807, 2.05) is 13.8 Å². The normalized spacial score (nSPS) is 7.59. The summed E-state index contributed by atoms with van der Waals surface area (Å²) in [7, 11) is 0. The van der Waals surface area contributed by atoms with Gasteiger partial charge in [0.2, 0.25) is 5.91 Å². The molecule has 3 rings (SSSR count). The number of alkyl halides is 1. The van der Waals surface area contributed by atoms with Crippen molar-refractivity contribution in [3.63, 3.8) is 0 Å². The van der Waals surface area contributed by atoms with E-state index in [1.54, 1.807) is 0 Å². The standard InChI is InChI=1S/C13H12ClN7O.7V.3Y/c1-3-8-7(2)15-5-9-11(8)20-13(18-9)21-12(16-6-17-21)19-10(22)4-14;;;;;;;;;;/h3-4H2,1-2H3,(H2,15,16,17,18,19,20,22);;;;;;;;;;/q-2;;;;;;;;;;/p-1. The van der Waals surface area contributed by atoms with Crippen molar-refractivity contribution in [1.82, 2.24) is 29.7 Å². The van der Waals surface area contributed by atoms with Crippen LogP contribution in [-0.2, 0) is 239 Å². The summed E-state index contributed by atoms with van der Waals surface area (Å²) in [6.07, 6.45) is 6.03. The van der Waals surface area contributed by atoms with Crippen molar-refractivity contribution in [2.45, 2.75) is 20.3 Å². The van der Waals surface area contributed by atoms with Crippen LogP contribution in [0.4, 0.5) is 5.95 Å². The predicted octanol–water partition coefficient (Wildman–Crippen LogP) is 0.791. The van der Waals surface area contributed by atoms with Gasteiger partial charge in [0.05, 0.1) is 0 Å². The Bertz CT molecular complexity index is 876. The van der Waals surface area contributed by atoms with Crippen molar-refractivity contribution >= 4 is 34.5 Å². The summed E-state index contributed by atoms with van der Waals surface area (Å²) < 4.78 is 1.28. The molecule has 3 aromatic rings. The van der Waals surface area contributed by atoms with E-state index in [1.165, 1.54) is 4.68 Å². The third kappa shape index (κ3) is 14.9. The zero-order valence-corrected chi connectivity index (χ0v) is 35.8. The van der Waals surface area contributed by atoms with Gasteiger partial charge in [0.1, 0.15) is 5.88 Å². The summed E-state index contributed by atoms with van der Waals surface area (Å²) in [5.41, 5.74) is 3.13. The fraction of sp³-hybridized carbons (Fsp3) is 0.308. The number of anilines is 1. The second kappa shape index (κ2) is 28.9. The van der Waals surface area contributed by atoms with Crippen LogP contribution in [0.1, 0.15) is 18.2 Å². The molecule has 0 unspecified atom stereocenters. The van der Waals surface area contributed by atoms with Crippen molar-refractivity contribution in [3.05, 3.63) is 23.8 Å². The number of nitrogens with zero attached hydrogens (tertiary/aromatic N) is 6. The van der Waals surface area contributed by atoms with Crippen LogP contribution in [0.5, 0.6) is 0 Å². The number of hydrogen-bond donors (Lipinski definition) is 1. The second-order valence-electron chi connectivity index (χ2n) is 4.49. The molecule has 0 spiro atoms. The quantitative estimate of drug-likeness (QED) is 0.308. The molecule has 10 radical (unpaired) electrons. The third-order valence-corrected chi connectivity index (χ3v) is 3.36. The number of pyridine rings is 1. The smallest absolute Gasteiger partial charge is 0.224 e. The average molecular weight is 940 g/mol. The van der Waals surface area contributed by atoms with Crippen LogP contribution >= 0.6 is 11.6 Å². The molecule has 0 bridgehead atoms. The molecule has 19 heteroatoms. The van der Waals surface area contributed by atoms with E-state index in [4.69, 9.17) is 11.6 Å². The number of amides is 1. The molecule has 0 aliphatic heterocycles. The minimum Gasteiger partial charge on any atom is -0.425 e. The van der Waals surface area contributed by atoms with E-state index in [0.717, 1.165) is 23.2 Å². The number of aromatic nitrogens is 6. The maximum atomic E-state index is 11.4. The monoisotopic (exact) mass is 939 g/mol. The van der Waals surface area contributed by atoms with E-state index in [0.29, 0.717) is 5.52 Å². The van der Waals surface area contributed by atoms with Crippen molar-refractivity contribution in [2.24, 2.45) is 0 Å². The van der Waals surface area contributed by atoms with E-state index >= 15 is 0 Å². The molecule has 0 atom stereocenters. The van der Waals surface area contributed by atoms with Crippen LogP contribution in [0.15, 0.2) is 0 Å². The molecule has 158 valence electrons. The van der Waals surface area contributed by atoms with Gasteiger partial charge in [0.15, 0.2) is 0 Å². The number of carbonyl (C=O) groups excluding carboxylic acids is 1. The zero-order chi connectivity index (χ0) is 15.7. The summed E-state index contributed by atoms with van der Waals surface area (Å²) in [5.74, 6) is -0.164. The van der Waals surface area contributed by atoms with Crippen LogP contribution in [0.25, 0.3) is 17.0 Å². The van der Waals surface area contributed by atoms with E-state index < -0.39 is 5.91 Å². The minimum atomic E-state index is -0.404. The summed E-state index contributed by atoms with van der Waals surface area (Å²) in [6, 6.07) is 0. The van der Waals surface area contributed by atoms with Gasteiger partial charge in [0.25, 0.3) is 0 Å². The van der Waals surface area contributed by atoms with Crippen molar-refractivity contribution in [2.75, 3.05) is 11.2 Å². The molecule has 0 fully saturated rings. The molecular formula is C13H11ClN7OV7Y3-3. The number of carbonyl (C=O) groups is 1. The minimum absolute atomic E-state index is 0. The molecule has 1 amide bonds. The van der Waals surface area contributed by atoms with Gasteiger partial charge in [-0.2, -0.15) is 0 Å². The van der Waals surface area contributed by atoms with Gasteiger partial charge in [-0.3, -0.25) is 4.79 Å². The Kier molecular flexibility index (Phi) is 51.5. The maximum absolute atomic E-state index is 11.4. The first-order chi connectivity index (χ1) is 10.6. The van der Waals surface area contributed by atoms with Gasteiger partial charge < -0.3 is 35.0 Å². The number of hydrogen-bond acceptors (Lipinski definition) is 5. The molecule has 0 saturated carbocycles. The van der Waals surface area contributed by atoms with E-state index in [2.05, 4.69) is 42.9 Å². The fourth-order valence-corrected chi connectivity index (χ4v) is 2.17. The SMILES string of the molecule is CCc1c(C)n[c-]c2nc(-n3n[c-]nc3NC(=O)CCl)[n-]c12.[V].[V].[V].[V].[V].[V].[V].[Y].[Y].[Y]. The molecule has 0 aliphatic carbocycles. The number of imidazole rings is 1. The summed E-state index contributed by atoms with van der Waals surface area (Å²) >= 11 is 5.46. The summed E-state index contributed by atoms with van der Waals surface area (Å²) in [6.45, 7) is 3.92. The van der Waals surface area contributed by atoms with Crippen LogP contribution < -0.4 is 10.3 Å². The Morgan fingerprint density at radius 1 is 1.06 bits per heavy atom. The Morgan fingerprint density at radius 3 is 2.12 bits per heavy atom. The molecule has 0 aliphatic rings. The van der Waals surface area contributed by atoms with Gasteiger partial charge in [-0.1, -0.05) is 37.7 Å². The first-order valence-electron chi connectivity index (χ1n) is 6.55. The van der Waals surface area contributed by atoms with Crippen molar-refractivity contribution < 1.29 is 233 Å². The Balaban J connectivity index is -0.0000000960. The van der Waals surface area contributed by atoms with Crippen LogP contribution in [0.3, 0.4) is 0 Å². The first-order valence-corrected chi connectivity index (χ1v) is 7.08. The number of nitrogens with one attached hydrogen (secondary N) is 1. The Morgan fingerprint density at radius 2 is 1.62 bits per heavy atom. The number of aryl methyl sites for hydroxylation is 2. The summed E-state index contributed by atoms with van der Waals surface area (Å²) in [5, 5.41) is 6.41. The molecule has 0 saturated heterocycles. The predicted molar refractivity (Wildman–Crippen MR) is 78.9 cm³/mol. The molecule has 3 heterocycles. The maximum Gasteiger partial charge on any atom is 0.224 e. The molecule has 0 aromatic carbocycles.